The van der Waals surface area contributed by atoms with Crippen molar-refractivity contribution in [3.05, 3.63) is 23.9 Å². The van der Waals surface area contributed by atoms with Crippen molar-refractivity contribution < 1.29 is 64.3 Å². The number of halogens is 3. The van der Waals surface area contributed by atoms with Gasteiger partial charge in [-0.1, -0.05) is 18.2 Å². The van der Waals surface area contributed by atoms with Crippen LogP contribution < -0.4 is 56.8 Å². The number of aryl methyl sites for hydroxylation is 2. The summed E-state index contributed by atoms with van der Waals surface area (Å²) >= 11 is 0. The molecule has 2 aromatic rings. The third kappa shape index (κ3) is 2.53. The van der Waals surface area contributed by atoms with Crippen LogP contribution in [-0.2, 0) is 7.05 Å². The first-order valence-corrected chi connectivity index (χ1v) is 4.53. The molecule has 7 heteroatoms. The topological polar surface area (TPSA) is 17.8 Å². The molecule has 0 atom stereocenters. The molecule has 0 amide bonds. The zero-order chi connectivity index (χ0) is 11.2. The van der Waals surface area contributed by atoms with E-state index in [2.05, 4.69) is 5.10 Å². The van der Waals surface area contributed by atoms with Gasteiger partial charge in [0.15, 0.2) is 0 Å². The second kappa shape index (κ2) is 4.81. The molecule has 2 rings (SSSR count). The summed E-state index contributed by atoms with van der Waals surface area (Å²) in [4.78, 5) is 0. The van der Waals surface area contributed by atoms with Crippen molar-refractivity contribution in [1.82, 2.24) is 9.78 Å². The summed E-state index contributed by atoms with van der Waals surface area (Å²) in [6, 6.07) is 3.73. The monoisotopic (exact) mass is 252 g/mol. The molecule has 0 aliphatic rings. The largest absolute Gasteiger partial charge is 1.00 e. The fourth-order valence-corrected chi connectivity index (χ4v) is 1.66. The molecular formula is C9H9BF3KN2. The number of benzene rings is 1. The summed E-state index contributed by atoms with van der Waals surface area (Å²) in [6.07, 6.45) is 0. The fourth-order valence-electron chi connectivity index (χ4n) is 1.66. The predicted molar refractivity (Wildman–Crippen MR) is 54.2 cm³/mol. The van der Waals surface area contributed by atoms with Crippen molar-refractivity contribution in [2.24, 2.45) is 7.05 Å². The molecule has 0 saturated heterocycles. The third-order valence-corrected chi connectivity index (χ3v) is 2.44. The summed E-state index contributed by atoms with van der Waals surface area (Å²) in [5, 5.41) is 4.83. The van der Waals surface area contributed by atoms with Crippen molar-refractivity contribution in [2.75, 3.05) is 0 Å². The van der Waals surface area contributed by atoms with Crippen molar-refractivity contribution >= 4 is 23.3 Å². The molecule has 80 valence electrons. The zero-order valence-electron chi connectivity index (χ0n) is 9.34. The first-order valence-electron chi connectivity index (χ1n) is 4.53. The van der Waals surface area contributed by atoms with Crippen molar-refractivity contribution in [3.8, 4) is 0 Å². The van der Waals surface area contributed by atoms with Crippen LogP contribution >= 0.6 is 0 Å². The van der Waals surface area contributed by atoms with Gasteiger partial charge < -0.3 is 12.9 Å². The molecule has 1 aromatic carbocycles. The predicted octanol–water partition coefficient (Wildman–Crippen LogP) is -1.06. The summed E-state index contributed by atoms with van der Waals surface area (Å²) in [5.74, 6) is 0. The van der Waals surface area contributed by atoms with E-state index >= 15 is 0 Å². The van der Waals surface area contributed by atoms with Gasteiger partial charge >= 0.3 is 58.4 Å². The van der Waals surface area contributed by atoms with Gasteiger partial charge in [0.2, 0.25) is 0 Å². The molecule has 0 unspecified atom stereocenters. The minimum atomic E-state index is -4.93. The molecule has 0 spiro atoms. The van der Waals surface area contributed by atoms with E-state index in [1.165, 1.54) is 10.7 Å². The van der Waals surface area contributed by atoms with Gasteiger partial charge in [-0.2, -0.15) is 5.10 Å². The minimum absolute atomic E-state index is 0. The zero-order valence-corrected chi connectivity index (χ0v) is 12.5. The van der Waals surface area contributed by atoms with Gasteiger partial charge in [-0.15, -0.1) is 5.46 Å². The summed E-state index contributed by atoms with van der Waals surface area (Å²) in [6.45, 7) is -3.15. The Bertz CT molecular complexity index is 521. The molecular weight excluding hydrogens is 243 g/mol. The van der Waals surface area contributed by atoms with Crippen LogP contribution in [0.15, 0.2) is 18.2 Å². The van der Waals surface area contributed by atoms with E-state index in [4.69, 9.17) is 0 Å². The maximum Gasteiger partial charge on any atom is 1.00 e. The van der Waals surface area contributed by atoms with Crippen LogP contribution in [0.4, 0.5) is 12.9 Å². The minimum Gasteiger partial charge on any atom is -0.445 e. The Labute approximate surface area is 134 Å². The number of fused-ring (bicyclic) bond motifs is 1. The smallest absolute Gasteiger partial charge is 0.445 e. The standard InChI is InChI=1S/C9H9BF3N2.K/c1-6-8-4-3-7(10(11,12)13)5-9(8)15(2)14-6;/h3-5H,1-2H3;/q-1;+1. The Kier molecular flexibility index (Phi) is 4.29. The Morgan fingerprint density at radius 2 is 1.88 bits per heavy atom. The van der Waals surface area contributed by atoms with Gasteiger partial charge in [-0.05, 0) is 6.92 Å². The SMILES string of the molecule is Cc1nn(C)c2cc([B-](F)(F)F)ccc12.[K+]. The Hall–Kier alpha value is 0.181. The Morgan fingerprint density at radius 1 is 1.25 bits per heavy atom. The molecule has 0 N–H and O–H groups in total. The Morgan fingerprint density at radius 3 is 2.44 bits per heavy atom. The Balaban J connectivity index is 0.00000128. The summed E-state index contributed by atoms with van der Waals surface area (Å²) in [7, 11) is 1.64. The van der Waals surface area contributed by atoms with E-state index in [-0.39, 0.29) is 51.4 Å². The van der Waals surface area contributed by atoms with Gasteiger partial charge in [0.05, 0.1) is 11.2 Å². The number of aromatic nitrogens is 2. The van der Waals surface area contributed by atoms with Crippen LogP contribution in [0.5, 0.6) is 0 Å². The van der Waals surface area contributed by atoms with Crippen LogP contribution in [0.3, 0.4) is 0 Å². The van der Waals surface area contributed by atoms with Crippen LogP contribution in [0, 0.1) is 6.92 Å². The fraction of sp³-hybridized carbons (Fsp3) is 0.222. The second-order valence-corrected chi connectivity index (χ2v) is 3.56. The van der Waals surface area contributed by atoms with Crippen molar-refractivity contribution in [3.63, 3.8) is 0 Å². The van der Waals surface area contributed by atoms with Gasteiger partial charge in [-0.25, -0.2) is 0 Å². The molecule has 0 fully saturated rings. The van der Waals surface area contributed by atoms with Crippen molar-refractivity contribution in [1.29, 1.82) is 0 Å². The summed E-state index contributed by atoms with van der Waals surface area (Å²) in [5.41, 5.74) is 0.684. The molecule has 1 heterocycles. The maximum absolute atomic E-state index is 12.5. The van der Waals surface area contributed by atoms with Crippen molar-refractivity contribution in [2.45, 2.75) is 6.92 Å². The molecule has 0 radical (unpaired) electrons. The van der Waals surface area contributed by atoms with Crippen LogP contribution in [0.25, 0.3) is 10.9 Å². The van der Waals surface area contributed by atoms with Crippen LogP contribution in [0.2, 0.25) is 0 Å². The number of hydrogen-bond acceptors (Lipinski definition) is 1. The molecule has 1 aromatic heterocycles. The number of hydrogen-bond donors (Lipinski definition) is 0. The molecule has 2 nitrogen and oxygen atoms in total. The number of rotatable bonds is 1. The average molecular weight is 252 g/mol. The maximum atomic E-state index is 12.5. The normalized spacial score (nSPS) is 11.6. The van der Waals surface area contributed by atoms with E-state index in [9.17, 15) is 12.9 Å². The molecule has 0 bridgehead atoms. The second-order valence-electron chi connectivity index (χ2n) is 3.56. The number of nitrogens with zero attached hydrogens (tertiary/aromatic N) is 2. The molecule has 0 saturated carbocycles. The van der Waals surface area contributed by atoms with E-state index < -0.39 is 12.4 Å². The van der Waals surface area contributed by atoms with Crippen LogP contribution in [-0.4, -0.2) is 16.8 Å². The van der Waals surface area contributed by atoms with E-state index in [0.29, 0.717) is 5.52 Å². The molecule has 0 aliphatic heterocycles. The summed E-state index contributed by atoms with van der Waals surface area (Å²) < 4.78 is 38.9. The molecule has 0 aliphatic carbocycles. The quantitative estimate of drug-likeness (QED) is 0.592. The average Bonchev–Trinajstić information content (AvgIpc) is 2.41. The van der Waals surface area contributed by atoms with Gasteiger partial charge in [0, 0.05) is 12.4 Å². The first-order chi connectivity index (χ1) is 6.89. The van der Waals surface area contributed by atoms with Crippen LogP contribution in [0.1, 0.15) is 5.69 Å². The van der Waals surface area contributed by atoms with E-state index in [0.717, 1.165) is 23.2 Å². The van der Waals surface area contributed by atoms with Gasteiger partial charge in [0.1, 0.15) is 0 Å². The first kappa shape index (κ1) is 14.2. The third-order valence-electron chi connectivity index (χ3n) is 2.44. The van der Waals surface area contributed by atoms with Gasteiger partial charge in [-0.3, -0.25) is 4.68 Å². The molecule has 16 heavy (non-hydrogen) atoms. The van der Waals surface area contributed by atoms with E-state index in [1.807, 2.05) is 0 Å². The van der Waals surface area contributed by atoms with Gasteiger partial charge in [0.25, 0.3) is 0 Å². The van der Waals surface area contributed by atoms with E-state index in [1.54, 1.807) is 14.0 Å².